The fourth-order valence-corrected chi connectivity index (χ4v) is 3.84. The Hall–Kier alpha value is -3.07. The highest BCUT2D eigenvalue weighted by molar-refractivity contribution is 7.90. The number of anilines is 1. The Balaban J connectivity index is 1.77. The van der Waals surface area contributed by atoms with Crippen molar-refractivity contribution in [2.45, 2.75) is 30.8 Å². The van der Waals surface area contributed by atoms with E-state index in [2.05, 4.69) is 5.32 Å². The molecule has 9 heteroatoms. The number of para-hydroxylation sites is 1. The Morgan fingerprint density at radius 1 is 1.25 bits per heavy atom. The summed E-state index contributed by atoms with van der Waals surface area (Å²) in [6, 6.07) is 10.9. The van der Waals surface area contributed by atoms with Gasteiger partial charge in [-0.15, -0.1) is 0 Å². The predicted octanol–water partition coefficient (Wildman–Crippen LogP) is 1.85. The number of hydrogen-bond acceptors (Lipinski definition) is 6. The molecule has 1 aliphatic heterocycles. The van der Waals surface area contributed by atoms with Gasteiger partial charge in [0, 0.05) is 5.56 Å². The molecular formula is C19H20N2O6S. The molecule has 0 radical (unpaired) electrons. The lowest BCUT2D eigenvalue weighted by Gasteiger charge is -2.25. The van der Waals surface area contributed by atoms with Crippen molar-refractivity contribution in [3.8, 4) is 11.5 Å². The second-order valence-electron chi connectivity index (χ2n) is 6.18. The van der Waals surface area contributed by atoms with Crippen molar-refractivity contribution in [1.29, 1.82) is 0 Å². The molecule has 2 aromatic rings. The van der Waals surface area contributed by atoms with Gasteiger partial charge in [-0.1, -0.05) is 25.1 Å². The third kappa shape index (κ3) is 4.09. The number of nitrogens with one attached hydrogen (secondary N) is 2. The number of ether oxygens (including phenoxy) is 2. The SMILES string of the molecule is CCC1Oc2ccc(S(=O)(=O)NC(=O)Cc3ccccc3OC)cc2NC1=O. The Kier molecular flexibility index (Phi) is 5.55. The summed E-state index contributed by atoms with van der Waals surface area (Å²) in [7, 11) is -2.64. The van der Waals surface area contributed by atoms with E-state index in [9.17, 15) is 18.0 Å². The van der Waals surface area contributed by atoms with E-state index in [1.165, 1.54) is 25.3 Å². The van der Waals surface area contributed by atoms with Crippen molar-refractivity contribution in [2.24, 2.45) is 0 Å². The third-order valence-corrected chi connectivity index (χ3v) is 5.61. The van der Waals surface area contributed by atoms with E-state index >= 15 is 0 Å². The molecule has 1 atom stereocenters. The molecule has 0 saturated carbocycles. The van der Waals surface area contributed by atoms with Crippen molar-refractivity contribution in [1.82, 2.24) is 4.72 Å². The summed E-state index contributed by atoms with van der Waals surface area (Å²) < 4.78 is 37.9. The Morgan fingerprint density at radius 3 is 2.71 bits per heavy atom. The average molecular weight is 404 g/mol. The molecule has 2 aromatic carbocycles. The van der Waals surface area contributed by atoms with Crippen molar-refractivity contribution in [3.05, 3.63) is 48.0 Å². The van der Waals surface area contributed by atoms with E-state index < -0.39 is 22.0 Å². The summed E-state index contributed by atoms with van der Waals surface area (Å²) in [4.78, 5) is 24.0. The molecular weight excluding hydrogens is 384 g/mol. The minimum atomic E-state index is -4.12. The molecule has 148 valence electrons. The van der Waals surface area contributed by atoms with Gasteiger partial charge < -0.3 is 14.8 Å². The van der Waals surface area contributed by atoms with Crippen LogP contribution in [0.1, 0.15) is 18.9 Å². The molecule has 1 aliphatic rings. The van der Waals surface area contributed by atoms with Crippen LogP contribution in [0.2, 0.25) is 0 Å². The van der Waals surface area contributed by atoms with Crippen LogP contribution in [0.15, 0.2) is 47.4 Å². The van der Waals surface area contributed by atoms with Crippen LogP contribution in [0.25, 0.3) is 0 Å². The zero-order valence-electron chi connectivity index (χ0n) is 15.4. The van der Waals surface area contributed by atoms with Gasteiger partial charge in [-0.3, -0.25) is 9.59 Å². The minimum Gasteiger partial charge on any atom is -0.496 e. The molecule has 8 nitrogen and oxygen atoms in total. The fourth-order valence-electron chi connectivity index (χ4n) is 2.83. The molecule has 1 heterocycles. The maximum absolute atomic E-state index is 12.6. The molecule has 2 amide bonds. The topological polar surface area (TPSA) is 111 Å². The van der Waals surface area contributed by atoms with Gasteiger partial charge in [0.2, 0.25) is 5.91 Å². The summed E-state index contributed by atoms with van der Waals surface area (Å²) in [5.74, 6) is -0.168. The summed E-state index contributed by atoms with van der Waals surface area (Å²) in [5.41, 5.74) is 0.809. The van der Waals surface area contributed by atoms with Crippen LogP contribution in [-0.2, 0) is 26.0 Å². The number of fused-ring (bicyclic) bond motifs is 1. The van der Waals surface area contributed by atoms with Gasteiger partial charge in [-0.25, -0.2) is 13.1 Å². The minimum absolute atomic E-state index is 0.154. The number of carbonyl (C=O) groups is 2. The summed E-state index contributed by atoms with van der Waals surface area (Å²) in [6.45, 7) is 1.81. The van der Waals surface area contributed by atoms with Crippen molar-refractivity contribution >= 4 is 27.5 Å². The maximum Gasteiger partial charge on any atom is 0.265 e. The van der Waals surface area contributed by atoms with E-state index in [1.54, 1.807) is 24.3 Å². The zero-order valence-corrected chi connectivity index (χ0v) is 16.2. The van der Waals surface area contributed by atoms with Gasteiger partial charge in [-0.2, -0.15) is 0 Å². The van der Waals surface area contributed by atoms with Crippen LogP contribution >= 0.6 is 0 Å². The molecule has 3 rings (SSSR count). The van der Waals surface area contributed by atoms with Gasteiger partial charge >= 0.3 is 0 Å². The van der Waals surface area contributed by atoms with Crippen LogP contribution in [0.3, 0.4) is 0 Å². The van der Waals surface area contributed by atoms with Gasteiger partial charge in [0.1, 0.15) is 11.5 Å². The molecule has 0 aromatic heterocycles. The van der Waals surface area contributed by atoms with Crippen molar-refractivity contribution in [2.75, 3.05) is 12.4 Å². The molecule has 0 spiro atoms. The van der Waals surface area contributed by atoms with Gasteiger partial charge in [0.25, 0.3) is 15.9 Å². The molecule has 2 N–H and O–H groups in total. The van der Waals surface area contributed by atoms with Crippen molar-refractivity contribution in [3.63, 3.8) is 0 Å². The number of carbonyl (C=O) groups excluding carboxylic acids is 2. The largest absolute Gasteiger partial charge is 0.496 e. The van der Waals surface area contributed by atoms with Crippen molar-refractivity contribution < 1.29 is 27.5 Å². The second-order valence-corrected chi connectivity index (χ2v) is 7.86. The molecule has 0 bridgehead atoms. The van der Waals surface area contributed by atoms with Gasteiger partial charge in [0.05, 0.1) is 24.1 Å². The maximum atomic E-state index is 12.6. The Bertz CT molecular complexity index is 1020. The first-order valence-corrected chi connectivity index (χ1v) is 10.1. The quantitative estimate of drug-likeness (QED) is 0.760. The first-order valence-electron chi connectivity index (χ1n) is 8.63. The molecule has 28 heavy (non-hydrogen) atoms. The number of amides is 2. The van der Waals surface area contributed by atoms with Gasteiger partial charge in [-0.05, 0) is 30.7 Å². The first kappa shape index (κ1) is 19.7. The summed E-state index contributed by atoms with van der Waals surface area (Å²) in [5, 5.41) is 2.62. The van der Waals surface area contributed by atoms with Crippen LogP contribution in [0.5, 0.6) is 11.5 Å². The third-order valence-electron chi connectivity index (χ3n) is 4.24. The highest BCUT2D eigenvalue weighted by Gasteiger charge is 2.28. The van der Waals surface area contributed by atoms with E-state index in [0.29, 0.717) is 23.5 Å². The van der Waals surface area contributed by atoms with Crippen LogP contribution in [0.4, 0.5) is 5.69 Å². The Morgan fingerprint density at radius 2 is 2.00 bits per heavy atom. The predicted molar refractivity (Wildman–Crippen MR) is 102 cm³/mol. The lowest BCUT2D eigenvalue weighted by atomic mass is 10.1. The second kappa shape index (κ2) is 7.89. The molecule has 1 unspecified atom stereocenters. The number of methoxy groups -OCH3 is 1. The Labute approximate surface area is 162 Å². The average Bonchev–Trinajstić information content (AvgIpc) is 2.66. The standard InChI is InChI=1S/C19H20N2O6S/c1-3-15-19(23)20-14-11-13(8-9-17(14)27-15)28(24,25)21-18(22)10-12-6-4-5-7-16(12)26-2/h4-9,11,15H,3,10H2,1-2H3,(H,20,23)(H,21,22). The first-order chi connectivity index (χ1) is 13.3. The lowest BCUT2D eigenvalue weighted by Crippen LogP contribution is -2.36. The van der Waals surface area contributed by atoms with E-state index in [-0.39, 0.29) is 22.9 Å². The van der Waals surface area contributed by atoms with Crippen LogP contribution in [0, 0.1) is 0 Å². The summed E-state index contributed by atoms with van der Waals surface area (Å²) in [6.07, 6.45) is -0.285. The van der Waals surface area contributed by atoms with E-state index in [0.717, 1.165) is 0 Å². The lowest BCUT2D eigenvalue weighted by molar-refractivity contribution is -0.123. The van der Waals surface area contributed by atoms with E-state index in [4.69, 9.17) is 9.47 Å². The smallest absolute Gasteiger partial charge is 0.265 e. The number of sulfonamides is 1. The van der Waals surface area contributed by atoms with Crippen LogP contribution < -0.4 is 19.5 Å². The highest BCUT2D eigenvalue weighted by Crippen LogP contribution is 2.32. The summed E-state index contributed by atoms with van der Waals surface area (Å²) >= 11 is 0. The number of benzene rings is 2. The number of hydrogen-bond donors (Lipinski definition) is 2. The zero-order chi connectivity index (χ0) is 20.3. The highest BCUT2D eigenvalue weighted by atomic mass is 32.2. The van der Waals surface area contributed by atoms with Crippen LogP contribution in [-0.4, -0.2) is 33.4 Å². The number of rotatable bonds is 6. The molecule has 0 saturated heterocycles. The van der Waals surface area contributed by atoms with Gasteiger partial charge in [0.15, 0.2) is 6.10 Å². The fraction of sp³-hybridized carbons (Fsp3) is 0.263. The van der Waals surface area contributed by atoms with E-state index in [1.807, 2.05) is 11.6 Å². The molecule has 0 aliphatic carbocycles. The monoisotopic (exact) mass is 404 g/mol. The molecule has 0 fully saturated rings. The normalized spacial score (nSPS) is 15.8.